The van der Waals surface area contributed by atoms with Crippen LogP contribution in [0.4, 0.5) is 0 Å². The van der Waals surface area contributed by atoms with E-state index < -0.39 is 0 Å². The fourth-order valence-electron chi connectivity index (χ4n) is 9.62. The van der Waals surface area contributed by atoms with E-state index >= 15 is 0 Å². The summed E-state index contributed by atoms with van der Waals surface area (Å²) < 4.78 is 0. The molecule has 0 radical (unpaired) electrons. The van der Waals surface area contributed by atoms with Crippen molar-refractivity contribution in [2.75, 3.05) is 0 Å². The summed E-state index contributed by atoms with van der Waals surface area (Å²) in [6, 6.07) is 89.5. The number of fused-ring (bicyclic) bond motifs is 5. The fourth-order valence-corrected chi connectivity index (χ4v) is 9.62. The van der Waals surface area contributed by atoms with Gasteiger partial charge >= 0.3 is 0 Å². The van der Waals surface area contributed by atoms with Gasteiger partial charge in [-0.05, 0) is 157 Å². The predicted octanol–water partition coefficient (Wildman–Crippen LogP) is 17.5. The van der Waals surface area contributed by atoms with Gasteiger partial charge in [-0.15, -0.1) is 0 Å². The van der Waals surface area contributed by atoms with Gasteiger partial charge in [0.05, 0.1) is 0 Å². The molecular formula is C62H40. The zero-order valence-electron chi connectivity index (χ0n) is 34.1. The van der Waals surface area contributed by atoms with E-state index in [2.05, 4.69) is 243 Å². The zero-order valence-corrected chi connectivity index (χ0v) is 34.1. The minimum atomic E-state index is 1.22. The van der Waals surface area contributed by atoms with Crippen LogP contribution in [0.5, 0.6) is 0 Å². The molecule has 0 heteroatoms. The highest BCUT2D eigenvalue weighted by Gasteiger charge is 2.15. The lowest BCUT2D eigenvalue weighted by Crippen LogP contribution is -1.89. The molecule has 0 unspecified atom stereocenters. The van der Waals surface area contributed by atoms with Crippen LogP contribution in [0.3, 0.4) is 0 Å². The van der Waals surface area contributed by atoms with Gasteiger partial charge < -0.3 is 0 Å². The fraction of sp³-hybridized carbons (Fsp3) is 0. The van der Waals surface area contributed by atoms with Crippen molar-refractivity contribution in [3.05, 3.63) is 243 Å². The molecule has 12 aromatic rings. The normalized spacial score (nSPS) is 11.5. The summed E-state index contributed by atoms with van der Waals surface area (Å²) in [6.45, 7) is 0. The van der Waals surface area contributed by atoms with Crippen LogP contribution in [0, 0.1) is 0 Å². The topological polar surface area (TPSA) is 0 Å². The van der Waals surface area contributed by atoms with E-state index in [0.717, 1.165) is 0 Å². The molecule has 0 aromatic heterocycles. The van der Waals surface area contributed by atoms with E-state index in [9.17, 15) is 0 Å². The third kappa shape index (κ3) is 6.33. The maximum absolute atomic E-state index is 2.39. The van der Waals surface area contributed by atoms with E-state index in [4.69, 9.17) is 0 Å². The van der Waals surface area contributed by atoms with Gasteiger partial charge in [0.15, 0.2) is 0 Å². The molecule has 12 rings (SSSR count). The van der Waals surface area contributed by atoms with Gasteiger partial charge in [0, 0.05) is 0 Å². The Hall–Kier alpha value is -8.06. The van der Waals surface area contributed by atoms with E-state index in [1.165, 1.54) is 121 Å². The first kappa shape index (κ1) is 35.8. The second-order valence-electron chi connectivity index (χ2n) is 16.5. The Balaban J connectivity index is 0.953. The first-order valence-electron chi connectivity index (χ1n) is 21.5. The highest BCUT2D eigenvalue weighted by atomic mass is 14.2. The van der Waals surface area contributed by atoms with Crippen molar-refractivity contribution in [2.24, 2.45) is 0 Å². The molecule has 0 bridgehead atoms. The number of benzene rings is 12. The van der Waals surface area contributed by atoms with Crippen LogP contribution in [0.15, 0.2) is 243 Å². The van der Waals surface area contributed by atoms with Crippen LogP contribution in [0.2, 0.25) is 0 Å². The molecule has 0 saturated heterocycles. The van der Waals surface area contributed by atoms with Crippen LogP contribution in [-0.4, -0.2) is 0 Å². The smallest absolute Gasteiger partial charge is 0.00930 e. The summed E-state index contributed by atoms with van der Waals surface area (Å²) in [7, 11) is 0. The van der Waals surface area contributed by atoms with Crippen molar-refractivity contribution in [1.82, 2.24) is 0 Å². The van der Waals surface area contributed by atoms with Crippen molar-refractivity contribution < 1.29 is 0 Å². The first-order chi connectivity index (χ1) is 30.7. The van der Waals surface area contributed by atoms with Gasteiger partial charge in [-0.2, -0.15) is 0 Å². The van der Waals surface area contributed by atoms with Crippen molar-refractivity contribution in [1.29, 1.82) is 0 Å². The van der Waals surface area contributed by atoms with Gasteiger partial charge in [-0.1, -0.05) is 206 Å². The minimum Gasteiger partial charge on any atom is -0.0622 e. The van der Waals surface area contributed by atoms with E-state index in [1.54, 1.807) is 0 Å². The molecule has 0 aliphatic heterocycles. The highest BCUT2D eigenvalue weighted by Crippen LogP contribution is 2.42. The average molecular weight is 785 g/mol. The van der Waals surface area contributed by atoms with Gasteiger partial charge in [-0.3, -0.25) is 0 Å². The standard InChI is InChI=1S/C62H40/c1-3-13-43(14-4-1)55-31-33-57(59-29-27-51(39-61(55)59)47-21-19-41-11-7-9-17-45(41)35-47)53-25-23-50-38-54(26-24-49(50)37-53)58-34-32-56(44-15-5-2-6-16-44)62-40-52(28-30-60(58)62)48-22-20-42-12-8-10-18-46(42)36-48/h1-40H. The third-order valence-corrected chi connectivity index (χ3v) is 12.8. The van der Waals surface area contributed by atoms with E-state index in [-0.39, 0.29) is 0 Å². The maximum Gasteiger partial charge on any atom is -0.00930 e. The Morgan fingerprint density at radius 3 is 0.871 bits per heavy atom. The summed E-state index contributed by atoms with van der Waals surface area (Å²) >= 11 is 0. The molecule has 288 valence electrons. The molecule has 0 N–H and O–H groups in total. The lowest BCUT2D eigenvalue weighted by atomic mass is 9.88. The second kappa shape index (κ2) is 14.9. The van der Waals surface area contributed by atoms with Crippen LogP contribution in [0.25, 0.3) is 121 Å². The van der Waals surface area contributed by atoms with Crippen LogP contribution in [0.1, 0.15) is 0 Å². The molecule has 62 heavy (non-hydrogen) atoms. The number of hydrogen-bond acceptors (Lipinski definition) is 0. The monoisotopic (exact) mass is 784 g/mol. The number of rotatable bonds is 6. The molecule has 0 spiro atoms. The summed E-state index contributed by atoms with van der Waals surface area (Å²) in [5.74, 6) is 0. The van der Waals surface area contributed by atoms with Crippen LogP contribution < -0.4 is 0 Å². The molecular weight excluding hydrogens is 745 g/mol. The molecule has 0 saturated carbocycles. The van der Waals surface area contributed by atoms with Gasteiger partial charge in [0.25, 0.3) is 0 Å². The zero-order chi connectivity index (χ0) is 41.0. The lowest BCUT2D eigenvalue weighted by Gasteiger charge is -2.16. The van der Waals surface area contributed by atoms with E-state index in [0.29, 0.717) is 0 Å². The van der Waals surface area contributed by atoms with E-state index in [1.807, 2.05) is 0 Å². The average Bonchev–Trinajstić information content (AvgIpc) is 3.35. The molecule has 0 amide bonds. The molecule has 0 aliphatic carbocycles. The Bertz CT molecular complexity index is 3430. The second-order valence-corrected chi connectivity index (χ2v) is 16.5. The summed E-state index contributed by atoms with van der Waals surface area (Å²) in [4.78, 5) is 0. The minimum absolute atomic E-state index is 1.22. The summed E-state index contributed by atoms with van der Waals surface area (Å²) in [6.07, 6.45) is 0. The Morgan fingerprint density at radius 1 is 0.145 bits per heavy atom. The summed E-state index contributed by atoms with van der Waals surface area (Å²) in [5, 5.41) is 12.5. The number of hydrogen-bond donors (Lipinski definition) is 0. The van der Waals surface area contributed by atoms with Crippen molar-refractivity contribution >= 4 is 53.9 Å². The molecule has 0 heterocycles. The highest BCUT2D eigenvalue weighted by molar-refractivity contribution is 6.10. The first-order valence-corrected chi connectivity index (χ1v) is 21.5. The molecule has 0 fully saturated rings. The van der Waals surface area contributed by atoms with Crippen molar-refractivity contribution in [2.45, 2.75) is 0 Å². The van der Waals surface area contributed by atoms with Gasteiger partial charge in [0.2, 0.25) is 0 Å². The summed E-state index contributed by atoms with van der Waals surface area (Å²) in [5.41, 5.74) is 14.7. The molecule has 0 aliphatic rings. The van der Waals surface area contributed by atoms with Crippen molar-refractivity contribution in [3.8, 4) is 66.8 Å². The quantitative estimate of drug-likeness (QED) is 0.158. The van der Waals surface area contributed by atoms with Crippen LogP contribution in [-0.2, 0) is 0 Å². The predicted molar refractivity (Wildman–Crippen MR) is 267 cm³/mol. The van der Waals surface area contributed by atoms with Crippen molar-refractivity contribution in [3.63, 3.8) is 0 Å². The largest absolute Gasteiger partial charge is 0.0622 e. The Morgan fingerprint density at radius 2 is 0.435 bits per heavy atom. The molecule has 0 atom stereocenters. The molecule has 12 aromatic carbocycles. The lowest BCUT2D eigenvalue weighted by molar-refractivity contribution is 1.62. The SMILES string of the molecule is c1ccc(-c2ccc(-c3ccc4cc(-c5ccc(-c6ccccc6)c6cc(-c7ccc8ccccc8c7)ccc56)ccc4c3)c3ccc(-c4ccc5ccccc5c4)cc23)cc1. The van der Waals surface area contributed by atoms with Crippen LogP contribution >= 0.6 is 0 Å². The third-order valence-electron chi connectivity index (χ3n) is 12.8. The Labute approximate surface area is 361 Å². The van der Waals surface area contributed by atoms with Gasteiger partial charge in [0.1, 0.15) is 0 Å². The Kier molecular flexibility index (Phi) is 8.61. The van der Waals surface area contributed by atoms with Gasteiger partial charge in [-0.25, -0.2) is 0 Å². The molecule has 0 nitrogen and oxygen atoms in total. The maximum atomic E-state index is 2.39.